The molecule has 2 saturated heterocycles. The first-order valence-corrected chi connectivity index (χ1v) is 11.8. The Balaban J connectivity index is 1.53. The number of nitrogens with zero attached hydrogens (tertiary/aromatic N) is 4. The molecule has 1 unspecified atom stereocenters. The maximum absolute atomic E-state index is 12.4. The van der Waals surface area contributed by atoms with Gasteiger partial charge < -0.3 is 28.4 Å². The molecule has 0 spiro atoms. The number of fused-ring (bicyclic) bond motifs is 1. The Morgan fingerprint density at radius 3 is 2.60 bits per heavy atom. The van der Waals surface area contributed by atoms with E-state index in [1.807, 2.05) is 54.5 Å². The summed E-state index contributed by atoms with van der Waals surface area (Å²) in [5.74, 6) is 0.521. The van der Waals surface area contributed by atoms with Gasteiger partial charge in [0, 0.05) is 12.0 Å². The molecule has 2 aliphatic rings. The lowest BCUT2D eigenvalue weighted by Gasteiger charge is -2.34. The van der Waals surface area contributed by atoms with Crippen LogP contribution in [-0.4, -0.2) is 76.9 Å². The van der Waals surface area contributed by atoms with E-state index >= 15 is 0 Å². The van der Waals surface area contributed by atoms with E-state index in [-0.39, 0.29) is 18.8 Å². The number of pyridine rings is 1. The third-order valence-electron chi connectivity index (χ3n) is 6.47. The first-order valence-electron chi connectivity index (χ1n) is 11.8. The van der Waals surface area contributed by atoms with Gasteiger partial charge >= 0.3 is 13.2 Å². The van der Waals surface area contributed by atoms with Gasteiger partial charge in [0.2, 0.25) is 0 Å². The number of morpholine rings is 1. The van der Waals surface area contributed by atoms with Crippen molar-refractivity contribution < 1.29 is 28.3 Å². The molecule has 4 rings (SSSR count). The Labute approximate surface area is 206 Å². The number of hydrogen-bond donors (Lipinski definition) is 0. The fourth-order valence-corrected chi connectivity index (χ4v) is 3.94. The zero-order valence-corrected chi connectivity index (χ0v) is 21.5. The van der Waals surface area contributed by atoms with E-state index in [0.29, 0.717) is 42.0 Å². The Hall–Kier alpha value is -2.81. The van der Waals surface area contributed by atoms with Crippen molar-refractivity contribution in [2.24, 2.45) is 0 Å². The maximum Gasteiger partial charge on any atom is 0.497 e. The summed E-state index contributed by atoms with van der Waals surface area (Å²) in [6.07, 6.45) is 2.53. The molecule has 0 aromatic carbocycles. The number of aromatic nitrogens is 2. The second-order valence-electron chi connectivity index (χ2n) is 10.9. The molecule has 0 aliphatic carbocycles. The van der Waals surface area contributed by atoms with E-state index in [2.05, 4.69) is 11.2 Å². The highest BCUT2D eigenvalue weighted by atomic mass is 16.7. The zero-order chi connectivity index (χ0) is 25.6. The molecule has 2 aromatic rings. The minimum Gasteiger partial charge on any atom is -0.489 e. The summed E-state index contributed by atoms with van der Waals surface area (Å²) in [6, 6.07) is 4.00. The van der Waals surface area contributed by atoms with Gasteiger partial charge in [-0.2, -0.15) is 10.4 Å². The molecule has 0 bridgehead atoms. The highest BCUT2D eigenvalue weighted by molar-refractivity contribution is 6.64. The Kier molecular flexibility index (Phi) is 6.51. The van der Waals surface area contributed by atoms with Crippen LogP contribution in [0.4, 0.5) is 4.79 Å². The van der Waals surface area contributed by atoms with Crippen LogP contribution in [0.15, 0.2) is 18.5 Å². The van der Waals surface area contributed by atoms with Crippen LogP contribution in [0.2, 0.25) is 0 Å². The van der Waals surface area contributed by atoms with Crippen molar-refractivity contribution in [3.05, 3.63) is 24.0 Å². The predicted molar refractivity (Wildman–Crippen MR) is 129 cm³/mol. The van der Waals surface area contributed by atoms with E-state index in [1.165, 1.54) is 6.20 Å². The monoisotopic (exact) mass is 484 g/mol. The number of rotatable bonds is 4. The first kappa shape index (κ1) is 25.3. The van der Waals surface area contributed by atoms with E-state index in [0.717, 1.165) is 0 Å². The average Bonchev–Trinajstić information content (AvgIpc) is 3.27. The van der Waals surface area contributed by atoms with Crippen molar-refractivity contribution in [3.63, 3.8) is 0 Å². The van der Waals surface area contributed by atoms with Crippen LogP contribution in [0.5, 0.6) is 5.75 Å². The molecule has 0 radical (unpaired) electrons. The summed E-state index contributed by atoms with van der Waals surface area (Å²) in [4.78, 5) is 14.1. The van der Waals surface area contributed by atoms with Crippen LogP contribution in [0.1, 0.15) is 54.0 Å². The predicted octanol–water partition coefficient (Wildman–Crippen LogP) is 2.52. The molecular weight excluding hydrogens is 451 g/mol. The number of ether oxygens (including phenoxy) is 3. The number of amides is 1. The number of carbonyl (C=O) groups excluding carboxylic acids is 1. The molecule has 0 saturated carbocycles. The molecule has 1 amide bonds. The van der Waals surface area contributed by atoms with Crippen LogP contribution in [0.3, 0.4) is 0 Å². The third kappa shape index (κ3) is 5.25. The minimum absolute atomic E-state index is 0.222. The summed E-state index contributed by atoms with van der Waals surface area (Å²) in [7, 11) is -0.691. The fraction of sp³-hybridized carbons (Fsp3) is 0.625. The topological polar surface area (TPSA) is 108 Å². The van der Waals surface area contributed by atoms with Gasteiger partial charge in [0.15, 0.2) is 0 Å². The van der Waals surface area contributed by atoms with Crippen LogP contribution in [0, 0.1) is 11.3 Å². The van der Waals surface area contributed by atoms with Gasteiger partial charge in [0.05, 0.1) is 47.8 Å². The van der Waals surface area contributed by atoms with Gasteiger partial charge in [-0.05, 0) is 54.5 Å². The number of hydrogen-bond acceptors (Lipinski definition) is 8. The molecule has 35 heavy (non-hydrogen) atoms. The summed E-state index contributed by atoms with van der Waals surface area (Å²) >= 11 is 0. The Bertz CT molecular complexity index is 1130. The van der Waals surface area contributed by atoms with Gasteiger partial charge in [-0.25, -0.2) is 9.31 Å². The molecule has 188 valence electrons. The molecule has 10 nitrogen and oxygen atoms in total. The summed E-state index contributed by atoms with van der Waals surface area (Å²) in [5, 5.41) is 13.9. The van der Waals surface area contributed by atoms with E-state index in [1.54, 1.807) is 15.6 Å². The smallest absolute Gasteiger partial charge is 0.489 e. The van der Waals surface area contributed by atoms with Crippen LogP contribution >= 0.6 is 0 Å². The van der Waals surface area contributed by atoms with Gasteiger partial charge in [-0.3, -0.25) is 0 Å². The van der Waals surface area contributed by atoms with Crippen molar-refractivity contribution in [3.8, 4) is 11.8 Å². The quantitative estimate of drug-likeness (QED) is 0.610. The lowest BCUT2D eigenvalue weighted by molar-refractivity contribution is -0.0557. The lowest BCUT2D eigenvalue weighted by Crippen LogP contribution is -2.49. The second-order valence-corrected chi connectivity index (χ2v) is 10.9. The van der Waals surface area contributed by atoms with Crippen molar-refractivity contribution in [1.29, 1.82) is 5.26 Å². The Morgan fingerprint density at radius 1 is 1.29 bits per heavy atom. The van der Waals surface area contributed by atoms with Crippen LogP contribution in [-0.2, 0) is 18.8 Å². The molecule has 2 aliphatic heterocycles. The molecule has 2 fully saturated rings. The summed E-state index contributed by atoms with van der Waals surface area (Å²) < 4.78 is 31.5. The van der Waals surface area contributed by atoms with E-state index in [9.17, 15) is 10.1 Å². The highest BCUT2D eigenvalue weighted by Crippen LogP contribution is 2.37. The van der Waals surface area contributed by atoms with Gasteiger partial charge in [-0.15, -0.1) is 0 Å². The first-order chi connectivity index (χ1) is 16.3. The normalized spacial score (nSPS) is 21.7. The molecule has 2 aromatic heterocycles. The highest BCUT2D eigenvalue weighted by Gasteiger charge is 2.52. The molecule has 0 N–H and O–H groups in total. The molecule has 11 heteroatoms. The number of nitriles is 1. The van der Waals surface area contributed by atoms with Crippen molar-refractivity contribution in [2.45, 2.75) is 71.4 Å². The van der Waals surface area contributed by atoms with Crippen molar-refractivity contribution in [2.75, 3.05) is 26.3 Å². The van der Waals surface area contributed by atoms with Crippen molar-refractivity contribution in [1.82, 2.24) is 14.5 Å². The summed E-state index contributed by atoms with van der Waals surface area (Å²) in [5.41, 5.74) is 0.0503. The van der Waals surface area contributed by atoms with Crippen molar-refractivity contribution >= 4 is 24.2 Å². The molecular formula is C24H33BN4O6. The SMILES string of the molecule is CC(C)(C)OC(=O)N1CCOC(COc2cc(B3OC(C)(C)C(C)(C)O3)c3c(C#N)cnn3c2)C1. The third-order valence-corrected chi connectivity index (χ3v) is 6.47. The van der Waals surface area contributed by atoms with E-state index in [4.69, 9.17) is 23.5 Å². The van der Waals surface area contributed by atoms with Gasteiger partial charge in [0.25, 0.3) is 0 Å². The fourth-order valence-electron chi connectivity index (χ4n) is 3.94. The summed E-state index contributed by atoms with van der Waals surface area (Å²) in [6.45, 7) is 14.9. The Morgan fingerprint density at radius 2 is 1.97 bits per heavy atom. The van der Waals surface area contributed by atoms with Crippen LogP contribution in [0.25, 0.3) is 5.52 Å². The van der Waals surface area contributed by atoms with Crippen LogP contribution < -0.4 is 10.2 Å². The maximum atomic E-state index is 12.4. The standard InChI is InChI=1S/C24H33BN4O6/c1-22(2,3)33-21(30)28-8-9-31-18(13-28)15-32-17-10-19(20-16(11-26)12-27-29(20)14-17)25-34-23(4,5)24(6,7)35-25/h10,12,14,18H,8-9,13,15H2,1-7H3. The molecule has 1 atom stereocenters. The van der Waals surface area contributed by atoms with Gasteiger partial charge in [-0.1, -0.05) is 0 Å². The van der Waals surface area contributed by atoms with Gasteiger partial charge in [0.1, 0.15) is 30.1 Å². The second kappa shape index (κ2) is 9.01. The minimum atomic E-state index is -0.691. The largest absolute Gasteiger partial charge is 0.497 e. The lowest BCUT2D eigenvalue weighted by atomic mass is 9.78. The van der Waals surface area contributed by atoms with E-state index < -0.39 is 23.9 Å². The molecule has 4 heterocycles. The zero-order valence-electron chi connectivity index (χ0n) is 21.5. The number of carbonyl (C=O) groups is 1. The average molecular weight is 484 g/mol.